The van der Waals surface area contributed by atoms with Gasteiger partial charge in [0.05, 0.1) is 0 Å². The van der Waals surface area contributed by atoms with Crippen LogP contribution in [0.5, 0.6) is 5.75 Å². The Morgan fingerprint density at radius 1 is 1.35 bits per heavy atom. The van der Waals surface area contributed by atoms with Crippen LogP contribution < -0.4 is 0 Å². The van der Waals surface area contributed by atoms with E-state index in [9.17, 15) is 5.11 Å². The van der Waals surface area contributed by atoms with Crippen molar-refractivity contribution >= 4 is 0 Å². The zero-order valence-electron chi connectivity index (χ0n) is 10.9. The Morgan fingerprint density at radius 2 is 2.12 bits per heavy atom. The molecular formula is C15H23NO. The quantitative estimate of drug-likeness (QED) is 0.814. The van der Waals surface area contributed by atoms with Gasteiger partial charge in [0.2, 0.25) is 0 Å². The minimum Gasteiger partial charge on any atom is -0.508 e. The van der Waals surface area contributed by atoms with Crippen molar-refractivity contribution < 1.29 is 5.11 Å². The van der Waals surface area contributed by atoms with Crippen LogP contribution in [0.25, 0.3) is 0 Å². The number of hydrogen-bond donors (Lipinski definition) is 1. The van der Waals surface area contributed by atoms with Gasteiger partial charge in [-0.3, -0.25) is 4.90 Å². The lowest BCUT2D eigenvalue weighted by molar-refractivity contribution is 0.255. The zero-order chi connectivity index (χ0) is 12.3. The number of aromatic hydroxyl groups is 1. The molecule has 0 unspecified atom stereocenters. The highest BCUT2D eigenvalue weighted by Crippen LogP contribution is 2.30. The summed E-state index contributed by atoms with van der Waals surface area (Å²) in [6, 6.07) is 5.95. The maximum Gasteiger partial charge on any atom is 0.118 e. The maximum absolute atomic E-state index is 9.52. The smallest absolute Gasteiger partial charge is 0.118 e. The van der Waals surface area contributed by atoms with E-state index in [1.807, 2.05) is 19.1 Å². The number of rotatable bonds is 6. The van der Waals surface area contributed by atoms with Crippen molar-refractivity contribution in [2.75, 3.05) is 13.1 Å². The summed E-state index contributed by atoms with van der Waals surface area (Å²) in [7, 11) is 0. The second-order valence-electron chi connectivity index (χ2n) is 5.30. The van der Waals surface area contributed by atoms with Crippen molar-refractivity contribution in [3.8, 4) is 5.75 Å². The SMILES string of the molecule is CCCN(Cc1ccc(O)c(C)c1)CC1CC1. The minimum atomic E-state index is 0.401. The second kappa shape index (κ2) is 5.54. The van der Waals surface area contributed by atoms with Crippen molar-refractivity contribution in [2.24, 2.45) is 5.92 Å². The molecule has 2 heteroatoms. The first-order valence-corrected chi connectivity index (χ1v) is 6.70. The van der Waals surface area contributed by atoms with Crippen LogP contribution in [-0.2, 0) is 6.54 Å². The van der Waals surface area contributed by atoms with Gasteiger partial charge in [0.1, 0.15) is 5.75 Å². The van der Waals surface area contributed by atoms with Gasteiger partial charge < -0.3 is 5.11 Å². The van der Waals surface area contributed by atoms with Gasteiger partial charge in [-0.2, -0.15) is 0 Å². The summed E-state index contributed by atoms with van der Waals surface area (Å²) in [5, 5.41) is 9.52. The van der Waals surface area contributed by atoms with Gasteiger partial charge >= 0.3 is 0 Å². The molecule has 0 spiro atoms. The molecule has 0 saturated heterocycles. The lowest BCUT2D eigenvalue weighted by Crippen LogP contribution is -2.26. The van der Waals surface area contributed by atoms with E-state index < -0.39 is 0 Å². The number of nitrogens with zero attached hydrogens (tertiary/aromatic N) is 1. The molecule has 17 heavy (non-hydrogen) atoms. The van der Waals surface area contributed by atoms with Crippen molar-refractivity contribution in [1.82, 2.24) is 4.90 Å². The Bertz CT molecular complexity index is 371. The van der Waals surface area contributed by atoms with Gasteiger partial charge in [-0.15, -0.1) is 0 Å². The summed E-state index contributed by atoms with van der Waals surface area (Å²) in [5.74, 6) is 1.35. The molecule has 94 valence electrons. The van der Waals surface area contributed by atoms with E-state index in [4.69, 9.17) is 0 Å². The third kappa shape index (κ3) is 3.74. The van der Waals surface area contributed by atoms with Crippen LogP contribution in [0.1, 0.15) is 37.3 Å². The summed E-state index contributed by atoms with van der Waals surface area (Å²) < 4.78 is 0. The van der Waals surface area contributed by atoms with Gasteiger partial charge in [-0.1, -0.05) is 19.1 Å². The highest BCUT2D eigenvalue weighted by Gasteiger charge is 2.23. The molecule has 0 amide bonds. The van der Waals surface area contributed by atoms with Crippen LogP contribution in [0.15, 0.2) is 18.2 Å². The van der Waals surface area contributed by atoms with E-state index in [1.165, 1.54) is 37.9 Å². The first-order valence-electron chi connectivity index (χ1n) is 6.70. The zero-order valence-corrected chi connectivity index (χ0v) is 10.9. The summed E-state index contributed by atoms with van der Waals surface area (Å²) in [6.07, 6.45) is 4.04. The number of hydrogen-bond acceptors (Lipinski definition) is 2. The first-order chi connectivity index (χ1) is 8.19. The summed E-state index contributed by atoms with van der Waals surface area (Å²) in [6.45, 7) is 7.64. The number of benzene rings is 1. The van der Waals surface area contributed by atoms with Crippen molar-refractivity contribution in [3.63, 3.8) is 0 Å². The Balaban J connectivity index is 1.97. The van der Waals surface area contributed by atoms with Crippen LogP contribution in [-0.4, -0.2) is 23.1 Å². The van der Waals surface area contributed by atoms with Crippen LogP contribution >= 0.6 is 0 Å². The lowest BCUT2D eigenvalue weighted by Gasteiger charge is -2.21. The molecule has 1 fully saturated rings. The van der Waals surface area contributed by atoms with Crippen molar-refractivity contribution in [3.05, 3.63) is 29.3 Å². The Morgan fingerprint density at radius 3 is 2.71 bits per heavy atom. The Labute approximate surface area is 104 Å². The summed E-state index contributed by atoms with van der Waals surface area (Å²) >= 11 is 0. The molecule has 2 nitrogen and oxygen atoms in total. The van der Waals surface area contributed by atoms with Gasteiger partial charge in [0.25, 0.3) is 0 Å². The van der Waals surface area contributed by atoms with Gasteiger partial charge in [-0.05, 0) is 55.8 Å². The van der Waals surface area contributed by atoms with Crippen LogP contribution in [0, 0.1) is 12.8 Å². The van der Waals surface area contributed by atoms with E-state index in [0.717, 1.165) is 18.0 Å². The highest BCUT2D eigenvalue weighted by molar-refractivity contribution is 5.34. The molecule has 1 saturated carbocycles. The standard InChI is InChI=1S/C15H23NO/c1-3-8-16(10-13-4-5-13)11-14-6-7-15(17)12(2)9-14/h6-7,9,13,17H,3-5,8,10-11H2,1-2H3. The van der Waals surface area contributed by atoms with E-state index >= 15 is 0 Å². The average molecular weight is 233 g/mol. The predicted octanol–water partition coefficient (Wildman–Crippen LogP) is 3.32. The number of phenols is 1. The molecule has 0 radical (unpaired) electrons. The molecule has 0 bridgehead atoms. The molecule has 1 N–H and O–H groups in total. The lowest BCUT2D eigenvalue weighted by atomic mass is 10.1. The molecule has 2 rings (SSSR count). The molecule has 1 aromatic rings. The molecular weight excluding hydrogens is 210 g/mol. The normalized spacial score (nSPS) is 15.5. The maximum atomic E-state index is 9.52. The van der Waals surface area contributed by atoms with E-state index in [0.29, 0.717) is 5.75 Å². The third-order valence-corrected chi connectivity index (χ3v) is 3.42. The Kier molecular flexibility index (Phi) is 4.06. The molecule has 0 heterocycles. The molecule has 1 aliphatic carbocycles. The first kappa shape index (κ1) is 12.4. The number of phenolic OH excluding ortho intramolecular Hbond substituents is 1. The van der Waals surface area contributed by atoms with E-state index in [-0.39, 0.29) is 0 Å². The van der Waals surface area contributed by atoms with Crippen LogP contribution in [0.3, 0.4) is 0 Å². The van der Waals surface area contributed by atoms with Gasteiger partial charge in [0, 0.05) is 13.1 Å². The molecule has 1 aromatic carbocycles. The van der Waals surface area contributed by atoms with Crippen LogP contribution in [0.4, 0.5) is 0 Å². The van der Waals surface area contributed by atoms with E-state index in [1.54, 1.807) is 0 Å². The molecule has 0 aliphatic heterocycles. The summed E-state index contributed by atoms with van der Waals surface area (Å²) in [5.41, 5.74) is 2.29. The molecule has 0 atom stereocenters. The van der Waals surface area contributed by atoms with Crippen molar-refractivity contribution in [2.45, 2.75) is 39.7 Å². The Hall–Kier alpha value is -1.02. The minimum absolute atomic E-state index is 0.401. The molecule has 0 aromatic heterocycles. The average Bonchev–Trinajstić information content (AvgIpc) is 3.08. The fourth-order valence-electron chi connectivity index (χ4n) is 2.29. The fourth-order valence-corrected chi connectivity index (χ4v) is 2.29. The molecule has 1 aliphatic rings. The number of aryl methyl sites for hydroxylation is 1. The fraction of sp³-hybridized carbons (Fsp3) is 0.600. The predicted molar refractivity (Wildman–Crippen MR) is 71.1 cm³/mol. The summed E-state index contributed by atoms with van der Waals surface area (Å²) in [4.78, 5) is 2.55. The topological polar surface area (TPSA) is 23.5 Å². The largest absolute Gasteiger partial charge is 0.508 e. The van der Waals surface area contributed by atoms with Gasteiger partial charge in [0.15, 0.2) is 0 Å². The van der Waals surface area contributed by atoms with Crippen LogP contribution in [0.2, 0.25) is 0 Å². The van der Waals surface area contributed by atoms with Crippen molar-refractivity contribution in [1.29, 1.82) is 0 Å². The third-order valence-electron chi connectivity index (χ3n) is 3.42. The highest BCUT2D eigenvalue weighted by atomic mass is 16.3. The second-order valence-corrected chi connectivity index (χ2v) is 5.30. The van der Waals surface area contributed by atoms with Gasteiger partial charge in [-0.25, -0.2) is 0 Å². The monoisotopic (exact) mass is 233 g/mol. The van der Waals surface area contributed by atoms with E-state index in [2.05, 4.69) is 17.9 Å².